The van der Waals surface area contributed by atoms with Crippen molar-refractivity contribution >= 4 is 18.9 Å². The number of pyridine rings is 1. The van der Waals surface area contributed by atoms with Gasteiger partial charge in [0.15, 0.2) is 0 Å². The van der Waals surface area contributed by atoms with Crippen molar-refractivity contribution < 1.29 is 13.2 Å². The minimum Gasteiger partial charge on any atom is -0.264 e. The molecule has 0 amide bonds. The summed E-state index contributed by atoms with van der Waals surface area (Å²) in [5, 5.41) is 0. The summed E-state index contributed by atoms with van der Waals surface area (Å²) in [5.74, 6) is 0. The van der Waals surface area contributed by atoms with Crippen molar-refractivity contribution in [2.24, 2.45) is 0 Å². The zero-order valence-electron chi connectivity index (χ0n) is 5.89. The molecule has 0 aliphatic rings. The predicted molar refractivity (Wildman–Crippen MR) is 35.0 cm³/mol. The van der Waals surface area contributed by atoms with Gasteiger partial charge >= 0.3 is 6.18 Å². The van der Waals surface area contributed by atoms with Crippen molar-refractivity contribution in [2.75, 3.05) is 0 Å². The number of nitrogens with zero attached hydrogens (tertiary/aromatic N) is 1. The molecule has 0 bridgehead atoms. The Morgan fingerprint density at radius 3 is 2.18 bits per heavy atom. The van der Waals surface area contributed by atoms with Crippen molar-refractivity contribution in [3.8, 4) is 0 Å². The van der Waals surface area contributed by atoms with E-state index in [1.54, 1.807) is 0 Å². The number of aromatic nitrogens is 1. The Morgan fingerprint density at radius 2 is 1.91 bits per heavy atom. The van der Waals surface area contributed by atoms with Crippen LogP contribution in [0.3, 0.4) is 0 Å². The molecule has 0 atom stereocenters. The molecule has 0 aromatic carbocycles. The number of rotatable bonds is 0. The van der Waals surface area contributed by atoms with Gasteiger partial charge in [-0.2, -0.15) is 13.2 Å². The van der Waals surface area contributed by atoms with Crippen LogP contribution in [-0.4, -0.2) is 23.8 Å². The van der Waals surface area contributed by atoms with Crippen LogP contribution in [0.2, 0.25) is 0 Å². The van der Waals surface area contributed by atoms with Gasteiger partial charge in [0.05, 0.1) is 5.56 Å². The van der Waals surface area contributed by atoms with E-state index >= 15 is 0 Å². The zero-order chi connectivity index (χ0) is 7.61. The topological polar surface area (TPSA) is 12.9 Å². The first kappa shape index (κ1) is 10.5. The molecule has 0 fully saturated rings. The molecule has 1 nitrogen and oxygen atoms in total. The van der Waals surface area contributed by atoms with Gasteiger partial charge in [-0.15, -0.1) is 0 Å². The summed E-state index contributed by atoms with van der Waals surface area (Å²) in [6.45, 7) is 0. The van der Waals surface area contributed by atoms with Crippen molar-refractivity contribution in [1.82, 2.24) is 4.98 Å². The number of hydrogen-bond acceptors (Lipinski definition) is 1. The molecule has 1 aromatic rings. The summed E-state index contributed by atoms with van der Waals surface area (Å²) in [6, 6.07) is 2.23. The molecule has 1 rings (SSSR count). The molecule has 0 aliphatic heterocycles. The summed E-state index contributed by atoms with van der Waals surface area (Å²) < 4.78 is 35.2. The summed E-state index contributed by atoms with van der Waals surface area (Å²) in [5.41, 5.74) is -0.713. The Kier molecular flexibility index (Phi) is 3.63. The Bertz CT molecular complexity index is 209. The van der Waals surface area contributed by atoms with Crippen molar-refractivity contribution in [2.45, 2.75) is 6.18 Å². The van der Waals surface area contributed by atoms with Crippen LogP contribution in [0.25, 0.3) is 0 Å². The van der Waals surface area contributed by atoms with Crippen LogP contribution in [0.15, 0.2) is 24.5 Å². The first-order valence-corrected chi connectivity index (χ1v) is 2.58. The largest absolute Gasteiger partial charge is 0.417 e. The van der Waals surface area contributed by atoms with E-state index in [2.05, 4.69) is 4.98 Å². The first-order valence-electron chi connectivity index (χ1n) is 2.58. The molecule has 0 saturated heterocycles. The Labute approximate surface area is 73.8 Å². The standard InChI is InChI=1S/C6H4F3N.Li/c7-6(8,9)5-2-1-3-10-4-5;/h1-4H;. The van der Waals surface area contributed by atoms with E-state index in [1.165, 1.54) is 12.3 Å². The van der Waals surface area contributed by atoms with Gasteiger partial charge in [0, 0.05) is 31.3 Å². The third kappa shape index (κ3) is 2.96. The van der Waals surface area contributed by atoms with Gasteiger partial charge in [0.2, 0.25) is 0 Å². The summed E-state index contributed by atoms with van der Waals surface area (Å²) >= 11 is 0. The second kappa shape index (κ2) is 3.79. The van der Waals surface area contributed by atoms with Gasteiger partial charge in [-0.25, -0.2) is 0 Å². The van der Waals surface area contributed by atoms with E-state index in [1.807, 2.05) is 0 Å². The van der Waals surface area contributed by atoms with Crippen LogP contribution in [-0.2, 0) is 6.18 Å². The molecule has 1 aromatic heterocycles. The molecule has 55 valence electrons. The Balaban J connectivity index is 0.000001000. The molecule has 0 unspecified atom stereocenters. The maximum Gasteiger partial charge on any atom is 0.417 e. The second-order valence-corrected chi connectivity index (χ2v) is 1.74. The van der Waals surface area contributed by atoms with Crippen LogP contribution in [0, 0.1) is 0 Å². The Hall–Kier alpha value is -0.463. The third-order valence-electron chi connectivity index (χ3n) is 0.989. The normalized spacial score (nSPS) is 10.5. The first-order chi connectivity index (χ1) is 4.61. The van der Waals surface area contributed by atoms with E-state index in [0.29, 0.717) is 0 Å². The van der Waals surface area contributed by atoms with Crippen molar-refractivity contribution in [3.63, 3.8) is 0 Å². The van der Waals surface area contributed by atoms with Crippen LogP contribution < -0.4 is 0 Å². The van der Waals surface area contributed by atoms with Crippen LogP contribution in [0.5, 0.6) is 0 Å². The van der Waals surface area contributed by atoms with Crippen molar-refractivity contribution in [1.29, 1.82) is 0 Å². The van der Waals surface area contributed by atoms with Crippen molar-refractivity contribution in [3.05, 3.63) is 30.1 Å². The predicted octanol–water partition coefficient (Wildman–Crippen LogP) is 1.72. The molecule has 0 N–H and O–H groups in total. The van der Waals surface area contributed by atoms with E-state index in [-0.39, 0.29) is 18.9 Å². The molecule has 0 aliphatic carbocycles. The van der Waals surface area contributed by atoms with Gasteiger partial charge < -0.3 is 0 Å². The van der Waals surface area contributed by atoms with Crippen LogP contribution in [0.1, 0.15) is 5.56 Å². The molecule has 0 saturated carbocycles. The van der Waals surface area contributed by atoms with Crippen LogP contribution in [0.4, 0.5) is 13.2 Å². The molecular formula is C6H4F3LiN. The van der Waals surface area contributed by atoms with Gasteiger partial charge in [-0.1, -0.05) is 0 Å². The number of alkyl halides is 3. The van der Waals surface area contributed by atoms with Crippen LogP contribution >= 0.6 is 0 Å². The average molecular weight is 154 g/mol. The third-order valence-corrected chi connectivity index (χ3v) is 0.989. The fraction of sp³-hybridized carbons (Fsp3) is 0.167. The number of hydrogen-bond donors (Lipinski definition) is 0. The smallest absolute Gasteiger partial charge is 0.264 e. The minimum absolute atomic E-state index is 0. The SMILES string of the molecule is FC(F)(F)c1cccnc1.[Li]. The monoisotopic (exact) mass is 154 g/mol. The molecule has 1 radical (unpaired) electrons. The fourth-order valence-corrected chi connectivity index (χ4v) is 0.530. The fourth-order valence-electron chi connectivity index (χ4n) is 0.530. The maximum atomic E-state index is 11.7. The molecule has 11 heavy (non-hydrogen) atoms. The molecular weight excluding hydrogens is 150 g/mol. The maximum absolute atomic E-state index is 11.7. The number of halogens is 3. The minimum atomic E-state index is -4.27. The average Bonchev–Trinajstić information content (AvgIpc) is 1.88. The summed E-state index contributed by atoms with van der Waals surface area (Å²) in [4.78, 5) is 3.33. The molecule has 0 spiro atoms. The van der Waals surface area contributed by atoms with E-state index in [0.717, 1.165) is 12.3 Å². The second-order valence-electron chi connectivity index (χ2n) is 1.74. The summed E-state index contributed by atoms with van der Waals surface area (Å²) in [6.07, 6.45) is -2.18. The van der Waals surface area contributed by atoms with Gasteiger partial charge in [-0.05, 0) is 12.1 Å². The quantitative estimate of drug-likeness (QED) is 0.518. The Morgan fingerprint density at radius 1 is 1.27 bits per heavy atom. The van der Waals surface area contributed by atoms with Gasteiger partial charge in [0.1, 0.15) is 0 Å². The van der Waals surface area contributed by atoms with E-state index < -0.39 is 11.7 Å². The summed E-state index contributed by atoms with van der Waals surface area (Å²) in [7, 11) is 0. The molecule has 5 heteroatoms. The zero-order valence-corrected chi connectivity index (χ0v) is 5.89. The van der Waals surface area contributed by atoms with E-state index in [4.69, 9.17) is 0 Å². The van der Waals surface area contributed by atoms with Gasteiger partial charge in [-0.3, -0.25) is 4.98 Å². The van der Waals surface area contributed by atoms with Gasteiger partial charge in [0.25, 0.3) is 0 Å². The molecule has 1 heterocycles. The van der Waals surface area contributed by atoms with E-state index in [9.17, 15) is 13.2 Å².